The maximum atomic E-state index is 12.4. The van der Waals surface area contributed by atoms with E-state index < -0.39 is 12.1 Å². The van der Waals surface area contributed by atoms with Crippen LogP contribution in [0.1, 0.15) is 91.9 Å². The summed E-state index contributed by atoms with van der Waals surface area (Å²) in [7, 11) is 0. The molecule has 1 rings (SSSR count). The highest BCUT2D eigenvalue weighted by Crippen LogP contribution is 2.20. The van der Waals surface area contributed by atoms with E-state index in [9.17, 15) is 19.5 Å². The molecule has 0 aromatic rings. The van der Waals surface area contributed by atoms with Gasteiger partial charge in [0.25, 0.3) is 0 Å². The first-order chi connectivity index (χ1) is 14.7. The van der Waals surface area contributed by atoms with Gasteiger partial charge in [-0.05, 0) is 37.5 Å². The average molecular weight is 440 g/mol. The first-order valence-electron chi connectivity index (χ1n) is 12.2. The van der Waals surface area contributed by atoms with Crippen molar-refractivity contribution in [1.82, 2.24) is 16.0 Å². The van der Waals surface area contributed by atoms with Crippen LogP contribution in [0.15, 0.2) is 0 Å². The highest BCUT2D eigenvalue weighted by Gasteiger charge is 2.27. The number of rotatable bonds is 7. The van der Waals surface area contributed by atoms with Gasteiger partial charge in [-0.25, -0.2) is 0 Å². The van der Waals surface area contributed by atoms with Crippen LogP contribution in [0, 0.1) is 17.8 Å². The van der Waals surface area contributed by atoms with Crippen LogP contribution < -0.4 is 16.0 Å². The van der Waals surface area contributed by atoms with Crippen molar-refractivity contribution in [2.45, 2.75) is 104 Å². The van der Waals surface area contributed by atoms with Crippen LogP contribution >= 0.6 is 0 Å². The van der Waals surface area contributed by atoms with E-state index in [1.165, 1.54) is 0 Å². The van der Waals surface area contributed by atoms with E-state index in [0.29, 0.717) is 37.8 Å². The van der Waals surface area contributed by atoms with Crippen molar-refractivity contribution in [1.29, 1.82) is 0 Å². The van der Waals surface area contributed by atoms with Gasteiger partial charge >= 0.3 is 0 Å². The topological polar surface area (TPSA) is 108 Å². The molecule has 7 heteroatoms. The second-order valence-corrected chi connectivity index (χ2v) is 9.75. The molecule has 0 spiro atoms. The summed E-state index contributed by atoms with van der Waals surface area (Å²) in [5.74, 6) is 0.149. The lowest BCUT2D eigenvalue weighted by atomic mass is 9.89. The van der Waals surface area contributed by atoms with Gasteiger partial charge < -0.3 is 21.1 Å². The summed E-state index contributed by atoms with van der Waals surface area (Å²) in [5.41, 5.74) is 0. The van der Waals surface area contributed by atoms with Crippen LogP contribution in [0.25, 0.3) is 0 Å². The molecule has 3 amide bonds. The van der Waals surface area contributed by atoms with Gasteiger partial charge in [0.1, 0.15) is 0 Å². The molecule has 1 heterocycles. The first kappa shape index (κ1) is 27.4. The monoisotopic (exact) mass is 439 g/mol. The van der Waals surface area contributed by atoms with Crippen LogP contribution in [-0.2, 0) is 14.4 Å². The third-order valence-corrected chi connectivity index (χ3v) is 6.06. The molecule has 1 saturated heterocycles. The zero-order valence-electron chi connectivity index (χ0n) is 20.0. The molecule has 0 aromatic carbocycles. The number of carbonyl (C=O) groups is 3. The summed E-state index contributed by atoms with van der Waals surface area (Å²) in [4.78, 5) is 36.7. The second kappa shape index (κ2) is 15.2. The largest absolute Gasteiger partial charge is 0.391 e. The lowest BCUT2D eigenvalue weighted by molar-refractivity contribution is -0.128. The molecule has 0 unspecified atom stereocenters. The van der Waals surface area contributed by atoms with Crippen LogP contribution in [0.2, 0.25) is 0 Å². The third-order valence-electron chi connectivity index (χ3n) is 6.06. The Labute approximate surface area is 188 Å². The van der Waals surface area contributed by atoms with Gasteiger partial charge in [0.2, 0.25) is 17.7 Å². The molecule has 1 aliphatic rings. The Kier molecular flexibility index (Phi) is 13.5. The fraction of sp³-hybridized carbons (Fsp3) is 0.875. The zero-order chi connectivity index (χ0) is 23.2. The Morgan fingerprint density at radius 2 is 1.77 bits per heavy atom. The Bertz CT molecular complexity index is 553. The van der Waals surface area contributed by atoms with Crippen molar-refractivity contribution in [3.63, 3.8) is 0 Å². The van der Waals surface area contributed by atoms with Crippen molar-refractivity contribution >= 4 is 17.7 Å². The number of hydrogen-bond donors (Lipinski definition) is 4. The van der Waals surface area contributed by atoms with Crippen LogP contribution in [0.5, 0.6) is 0 Å². The molecular weight excluding hydrogens is 394 g/mol. The Morgan fingerprint density at radius 1 is 1.10 bits per heavy atom. The maximum Gasteiger partial charge on any atom is 0.222 e. The number of aliphatic hydroxyl groups is 1. The van der Waals surface area contributed by atoms with E-state index in [1.807, 2.05) is 6.92 Å². The number of hydrogen-bond acceptors (Lipinski definition) is 4. The molecule has 0 aromatic heterocycles. The fourth-order valence-corrected chi connectivity index (χ4v) is 3.95. The molecule has 0 aliphatic carbocycles. The predicted octanol–water partition coefficient (Wildman–Crippen LogP) is 2.91. The highest BCUT2D eigenvalue weighted by molar-refractivity contribution is 5.83. The van der Waals surface area contributed by atoms with Gasteiger partial charge in [-0.3, -0.25) is 14.4 Å². The molecule has 4 N–H and O–H groups in total. The van der Waals surface area contributed by atoms with E-state index in [1.54, 1.807) is 0 Å². The minimum atomic E-state index is -0.804. The fourth-order valence-electron chi connectivity index (χ4n) is 3.95. The van der Waals surface area contributed by atoms with E-state index in [2.05, 4.69) is 36.7 Å². The van der Waals surface area contributed by atoms with Gasteiger partial charge in [-0.1, -0.05) is 53.4 Å². The highest BCUT2D eigenvalue weighted by atomic mass is 16.3. The number of amides is 3. The summed E-state index contributed by atoms with van der Waals surface area (Å²) in [6, 6.07) is -0.415. The van der Waals surface area contributed by atoms with Crippen molar-refractivity contribution < 1.29 is 19.5 Å². The Balaban J connectivity index is 2.68. The van der Waals surface area contributed by atoms with E-state index >= 15 is 0 Å². The summed E-state index contributed by atoms with van der Waals surface area (Å²) >= 11 is 0. The van der Waals surface area contributed by atoms with Crippen LogP contribution in [0.3, 0.4) is 0 Å². The third kappa shape index (κ3) is 12.7. The molecule has 0 saturated carbocycles. The summed E-state index contributed by atoms with van der Waals surface area (Å²) < 4.78 is 0. The normalized spacial score (nSPS) is 24.3. The minimum absolute atomic E-state index is 0.0621. The van der Waals surface area contributed by atoms with Crippen LogP contribution in [0.4, 0.5) is 0 Å². The minimum Gasteiger partial charge on any atom is -0.391 e. The lowest BCUT2D eigenvalue weighted by Crippen LogP contribution is -2.46. The lowest BCUT2D eigenvalue weighted by Gasteiger charge is -2.28. The molecule has 1 aliphatic heterocycles. The van der Waals surface area contributed by atoms with Crippen molar-refractivity contribution in [3.8, 4) is 0 Å². The first-order valence-corrected chi connectivity index (χ1v) is 12.2. The van der Waals surface area contributed by atoms with Crippen molar-refractivity contribution in [2.24, 2.45) is 17.8 Å². The number of carbonyl (C=O) groups excluding carboxylic acids is 3. The van der Waals surface area contributed by atoms with Gasteiger partial charge in [0.05, 0.1) is 12.1 Å². The second-order valence-electron chi connectivity index (χ2n) is 9.75. The molecule has 0 radical (unpaired) electrons. The smallest absolute Gasteiger partial charge is 0.222 e. The van der Waals surface area contributed by atoms with Gasteiger partial charge in [-0.2, -0.15) is 0 Å². The SMILES string of the molecule is CC(C)CCNC(=O)[C@H](C)C[C@H](O)[C@@H]1C[C@H](C)CCCCCCNC(=O)CCC(=O)N1. The standard InChI is InChI=1S/C24H45N3O4/c1-17(2)12-14-26-24(31)19(4)16-21(28)20-15-18(3)9-7-5-6-8-13-25-22(29)10-11-23(30)27-20/h17-21,28H,5-16H2,1-4H3,(H,25,29)(H,26,31)(H,27,30)/t18-,19-,20+,21+/m1/s1. The van der Waals surface area contributed by atoms with Gasteiger partial charge in [0, 0.05) is 31.8 Å². The molecule has 4 atom stereocenters. The summed E-state index contributed by atoms with van der Waals surface area (Å²) in [6.45, 7) is 9.49. The van der Waals surface area contributed by atoms with E-state index in [4.69, 9.17) is 0 Å². The van der Waals surface area contributed by atoms with Crippen molar-refractivity contribution in [2.75, 3.05) is 13.1 Å². The number of nitrogens with one attached hydrogen (secondary N) is 3. The van der Waals surface area contributed by atoms with Crippen LogP contribution in [-0.4, -0.2) is 48.1 Å². The zero-order valence-corrected chi connectivity index (χ0v) is 20.0. The Morgan fingerprint density at radius 3 is 2.48 bits per heavy atom. The van der Waals surface area contributed by atoms with Gasteiger partial charge in [0.15, 0.2) is 0 Å². The van der Waals surface area contributed by atoms with Crippen molar-refractivity contribution in [3.05, 3.63) is 0 Å². The number of aliphatic hydroxyl groups excluding tert-OH is 1. The maximum absolute atomic E-state index is 12.4. The quantitative estimate of drug-likeness (QED) is 0.489. The molecule has 180 valence electrons. The molecule has 1 fully saturated rings. The molecule has 31 heavy (non-hydrogen) atoms. The Hall–Kier alpha value is -1.63. The predicted molar refractivity (Wildman–Crippen MR) is 123 cm³/mol. The van der Waals surface area contributed by atoms with Gasteiger partial charge in [-0.15, -0.1) is 0 Å². The molecule has 7 nitrogen and oxygen atoms in total. The molecular formula is C24H45N3O4. The summed E-state index contributed by atoms with van der Waals surface area (Å²) in [6.07, 6.45) is 6.64. The summed E-state index contributed by atoms with van der Waals surface area (Å²) in [5, 5.41) is 19.6. The molecule has 0 bridgehead atoms. The van der Waals surface area contributed by atoms with E-state index in [-0.39, 0.29) is 36.5 Å². The average Bonchev–Trinajstić information content (AvgIpc) is 2.70. The van der Waals surface area contributed by atoms with E-state index in [0.717, 1.165) is 38.5 Å².